The molecule has 0 aromatic rings. The Labute approximate surface area is 139 Å². The van der Waals surface area contributed by atoms with Crippen molar-refractivity contribution in [3.63, 3.8) is 0 Å². The van der Waals surface area contributed by atoms with Gasteiger partial charge >= 0.3 is 0 Å². The molecule has 0 saturated heterocycles. The summed E-state index contributed by atoms with van der Waals surface area (Å²) < 4.78 is 0. The molecule has 2 heteroatoms. The van der Waals surface area contributed by atoms with Gasteiger partial charge in [0.05, 0.1) is 0 Å². The van der Waals surface area contributed by atoms with Crippen LogP contribution in [0.2, 0.25) is 0 Å². The second kappa shape index (κ2) is 18.5. The predicted molar refractivity (Wildman–Crippen MR) is 98.2 cm³/mol. The molecule has 0 spiro atoms. The Bertz CT molecular complexity index is 228. The molecule has 2 nitrogen and oxygen atoms in total. The smallest absolute Gasteiger partial charge is 0.219 e. The highest BCUT2D eigenvalue weighted by molar-refractivity contribution is 5.75. The third-order valence-corrected chi connectivity index (χ3v) is 4.42. The van der Waals surface area contributed by atoms with Gasteiger partial charge in [0.25, 0.3) is 0 Å². The number of rotatable bonds is 17. The summed E-state index contributed by atoms with van der Waals surface area (Å²) in [7, 11) is 0. The number of hydrogen-bond donors (Lipinski definition) is 1. The number of nitrogens with one attached hydrogen (secondary N) is 1. The standard InChI is InChI=1S/C20H41NO/c1-3-5-6-7-8-9-10-11-12-13-14-15-16-17-18-19-21-20(22)4-2/h3-19H2,1-2H3,(H,21,22). The van der Waals surface area contributed by atoms with Crippen LogP contribution in [0.15, 0.2) is 0 Å². The lowest BCUT2D eigenvalue weighted by Gasteiger charge is -2.04. The Balaban J connectivity index is 2.98. The predicted octanol–water partition coefficient (Wildman–Crippen LogP) is 6.38. The van der Waals surface area contributed by atoms with Crippen molar-refractivity contribution >= 4 is 5.91 Å². The Morgan fingerprint density at radius 2 is 0.955 bits per heavy atom. The summed E-state index contributed by atoms with van der Waals surface area (Å²) in [6, 6.07) is 0. The highest BCUT2D eigenvalue weighted by atomic mass is 16.1. The minimum Gasteiger partial charge on any atom is -0.356 e. The maximum absolute atomic E-state index is 11.0. The van der Waals surface area contributed by atoms with Crippen molar-refractivity contribution in [3.05, 3.63) is 0 Å². The van der Waals surface area contributed by atoms with E-state index in [1.165, 1.54) is 89.9 Å². The van der Waals surface area contributed by atoms with Crippen molar-refractivity contribution in [2.75, 3.05) is 6.54 Å². The fraction of sp³-hybridized carbons (Fsp3) is 0.950. The van der Waals surface area contributed by atoms with Crippen LogP contribution in [0, 0.1) is 0 Å². The normalized spacial score (nSPS) is 10.8. The van der Waals surface area contributed by atoms with E-state index in [9.17, 15) is 4.79 Å². The van der Waals surface area contributed by atoms with Crippen molar-refractivity contribution in [2.24, 2.45) is 0 Å². The zero-order valence-electron chi connectivity index (χ0n) is 15.4. The number of amides is 1. The van der Waals surface area contributed by atoms with E-state index in [1.807, 2.05) is 6.92 Å². The second-order valence-electron chi connectivity index (χ2n) is 6.65. The van der Waals surface area contributed by atoms with Crippen molar-refractivity contribution < 1.29 is 4.79 Å². The number of carbonyl (C=O) groups is 1. The summed E-state index contributed by atoms with van der Waals surface area (Å²) in [5.41, 5.74) is 0. The summed E-state index contributed by atoms with van der Waals surface area (Å²) in [6.45, 7) is 5.05. The van der Waals surface area contributed by atoms with Gasteiger partial charge in [-0.15, -0.1) is 0 Å². The SMILES string of the molecule is CCCCCCCCCCCCCCCCCNC(=O)CC. The van der Waals surface area contributed by atoms with Gasteiger partial charge in [0.1, 0.15) is 0 Å². The largest absolute Gasteiger partial charge is 0.356 e. The van der Waals surface area contributed by atoms with Crippen LogP contribution in [-0.2, 0) is 4.79 Å². The molecule has 0 aliphatic carbocycles. The average molecular weight is 312 g/mol. The Kier molecular flexibility index (Phi) is 18.1. The van der Waals surface area contributed by atoms with Gasteiger partial charge in [0, 0.05) is 13.0 Å². The molecule has 0 heterocycles. The zero-order chi connectivity index (χ0) is 16.3. The van der Waals surface area contributed by atoms with Crippen LogP contribution < -0.4 is 5.32 Å². The molecule has 0 rings (SSSR count). The van der Waals surface area contributed by atoms with Gasteiger partial charge in [-0.3, -0.25) is 4.79 Å². The third-order valence-electron chi connectivity index (χ3n) is 4.42. The van der Waals surface area contributed by atoms with E-state index in [1.54, 1.807) is 0 Å². The molecule has 0 atom stereocenters. The molecule has 0 saturated carbocycles. The molecule has 0 radical (unpaired) electrons. The van der Waals surface area contributed by atoms with Crippen LogP contribution in [-0.4, -0.2) is 12.5 Å². The number of carbonyl (C=O) groups excluding carboxylic acids is 1. The van der Waals surface area contributed by atoms with Crippen LogP contribution in [0.4, 0.5) is 0 Å². The van der Waals surface area contributed by atoms with Crippen LogP contribution in [0.25, 0.3) is 0 Å². The maximum atomic E-state index is 11.0. The van der Waals surface area contributed by atoms with Crippen molar-refractivity contribution in [1.82, 2.24) is 5.32 Å². The first-order valence-electron chi connectivity index (χ1n) is 10.1. The van der Waals surface area contributed by atoms with E-state index in [0.717, 1.165) is 13.0 Å². The molecule has 0 aliphatic rings. The van der Waals surface area contributed by atoms with Crippen LogP contribution in [0.5, 0.6) is 0 Å². The molecular formula is C20H41NO. The topological polar surface area (TPSA) is 29.1 Å². The quantitative estimate of drug-likeness (QED) is 0.310. The fourth-order valence-electron chi connectivity index (χ4n) is 2.85. The summed E-state index contributed by atoms with van der Waals surface area (Å²) in [5.74, 6) is 0.186. The van der Waals surface area contributed by atoms with E-state index in [2.05, 4.69) is 12.2 Å². The first-order valence-corrected chi connectivity index (χ1v) is 10.1. The first-order chi connectivity index (χ1) is 10.8. The van der Waals surface area contributed by atoms with Gasteiger partial charge in [0.15, 0.2) is 0 Å². The molecule has 0 aromatic heterocycles. The van der Waals surface area contributed by atoms with Gasteiger partial charge in [-0.1, -0.05) is 104 Å². The van der Waals surface area contributed by atoms with E-state index in [-0.39, 0.29) is 5.91 Å². The Hall–Kier alpha value is -0.530. The number of hydrogen-bond acceptors (Lipinski definition) is 1. The van der Waals surface area contributed by atoms with Gasteiger partial charge in [0.2, 0.25) is 5.91 Å². The van der Waals surface area contributed by atoms with Crippen LogP contribution in [0.1, 0.15) is 117 Å². The Morgan fingerprint density at radius 1 is 0.591 bits per heavy atom. The van der Waals surface area contributed by atoms with Gasteiger partial charge < -0.3 is 5.32 Å². The van der Waals surface area contributed by atoms with Crippen molar-refractivity contribution in [2.45, 2.75) is 117 Å². The molecule has 0 aliphatic heterocycles. The lowest BCUT2D eigenvalue weighted by atomic mass is 10.0. The van der Waals surface area contributed by atoms with Crippen molar-refractivity contribution in [1.29, 1.82) is 0 Å². The van der Waals surface area contributed by atoms with Gasteiger partial charge in [-0.2, -0.15) is 0 Å². The second-order valence-corrected chi connectivity index (χ2v) is 6.65. The highest BCUT2D eigenvalue weighted by Gasteiger charge is 1.96. The van der Waals surface area contributed by atoms with E-state index in [4.69, 9.17) is 0 Å². The highest BCUT2D eigenvalue weighted by Crippen LogP contribution is 2.13. The molecule has 0 bridgehead atoms. The average Bonchev–Trinajstić information content (AvgIpc) is 2.54. The molecule has 22 heavy (non-hydrogen) atoms. The summed E-state index contributed by atoms with van der Waals surface area (Å²) in [4.78, 5) is 11.0. The summed E-state index contributed by atoms with van der Waals surface area (Å²) in [6.07, 6.45) is 21.4. The fourth-order valence-corrected chi connectivity index (χ4v) is 2.85. The molecule has 1 amide bonds. The summed E-state index contributed by atoms with van der Waals surface area (Å²) >= 11 is 0. The third kappa shape index (κ3) is 17.5. The first kappa shape index (κ1) is 21.5. The Morgan fingerprint density at radius 3 is 1.32 bits per heavy atom. The molecule has 0 fully saturated rings. The lowest BCUT2D eigenvalue weighted by molar-refractivity contribution is -0.120. The van der Waals surface area contributed by atoms with E-state index < -0.39 is 0 Å². The molecule has 0 unspecified atom stereocenters. The van der Waals surface area contributed by atoms with Gasteiger partial charge in [-0.25, -0.2) is 0 Å². The van der Waals surface area contributed by atoms with Gasteiger partial charge in [-0.05, 0) is 6.42 Å². The van der Waals surface area contributed by atoms with E-state index >= 15 is 0 Å². The van der Waals surface area contributed by atoms with Crippen molar-refractivity contribution in [3.8, 4) is 0 Å². The minimum atomic E-state index is 0.186. The minimum absolute atomic E-state index is 0.186. The lowest BCUT2D eigenvalue weighted by Crippen LogP contribution is -2.23. The molecule has 132 valence electrons. The maximum Gasteiger partial charge on any atom is 0.219 e. The summed E-state index contributed by atoms with van der Waals surface area (Å²) in [5, 5.41) is 2.94. The number of unbranched alkanes of at least 4 members (excludes halogenated alkanes) is 14. The molecule has 1 N–H and O–H groups in total. The molecular weight excluding hydrogens is 270 g/mol. The van der Waals surface area contributed by atoms with E-state index in [0.29, 0.717) is 6.42 Å². The molecule has 0 aromatic carbocycles. The zero-order valence-corrected chi connectivity index (χ0v) is 15.4. The monoisotopic (exact) mass is 311 g/mol. The van der Waals surface area contributed by atoms with Crippen LogP contribution in [0.3, 0.4) is 0 Å². The van der Waals surface area contributed by atoms with Crippen LogP contribution >= 0.6 is 0 Å².